The second-order valence-electron chi connectivity index (χ2n) is 10.00. The number of benzene rings is 2. The number of piperidine rings is 1. The van der Waals surface area contributed by atoms with Gasteiger partial charge in [-0.1, -0.05) is 17.3 Å². The van der Waals surface area contributed by atoms with Gasteiger partial charge in [0.25, 0.3) is 0 Å². The molecule has 1 aliphatic carbocycles. The lowest BCUT2D eigenvalue weighted by Crippen LogP contribution is -2.46. The van der Waals surface area contributed by atoms with E-state index in [2.05, 4.69) is 10.1 Å². The molecule has 6 nitrogen and oxygen atoms in total. The number of nitriles is 1. The number of ether oxygens (including phenoxy) is 2. The highest BCUT2D eigenvalue weighted by atomic mass is 19.3. The van der Waals surface area contributed by atoms with Gasteiger partial charge in [-0.05, 0) is 68.9 Å². The first-order valence-corrected chi connectivity index (χ1v) is 12.6. The Bertz CT molecular complexity index is 1320. The molecule has 3 atom stereocenters. The van der Waals surface area contributed by atoms with Crippen LogP contribution in [-0.2, 0) is 11.3 Å². The molecule has 3 aliphatic rings. The smallest absolute Gasteiger partial charge is 0.387 e. The van der Waals surface area contributed by atoms with Crippen molar-refractivity contribution in [2.24, 2.45) is 0 Å². The molecule has 0 spiro atoms. The quantitative estimate of drug-likeness (QED) is 0.343. The first kappa shape index (κ1) is 23.9. The van der Waals surface area contributed by atoms with Crippen molar-refractivity contribution in [1.82, 2.24) is 5.16 Å². The van der Waals surface area contributed by atoms with E-state index in [-0.39, 0.29) is 42.3 Å². The molecule has 192 valence electrons. The maximum atomic E-state index is 14.8. The van der Waals surface area contributed by atoms with Crippen LogP contribution in [0.2, 0.25) is 0 Å². The Morgan fingerprint density at radius 1 is 1.08 bits per heavy atom. The highest BCUT2D eigenvalue weighted by molar-refractivity contribution is 5.70. The first-order valence-electron chi connectivity index (χ1n) is 12.6. The van der Waals surface area contributed by atoms with E-state index in [9.17, 15) is 13.2 Å². The second-order valence-corrected chi connectivity index (χ2v) is 10.00. The fourth-order valence-corrected chi connectivity index (χ4v) is 5.84. The van der Waals surface area contributed by atoms with E-state index in [1.165, 1.54) is 12.1 Å². The minimum atomic E-state index is -2.95. The van der Waals surface area contributed by atoms with E-state index < -0.39 is 6.61 Å². The maximum absolute atomic E-state index is 14.8. The van der Waals surface area contributed by atoms with Gasteiger partial charge >= 0.3 is 6.61 Å². The third-order valence-corrected chi connectivity index (χ3v) is 7.63. The summed E-state index contributed by atoms with van der Waals surface area (Å²) >= 11 is 0. The van der Waals surface area contributed by atoms with Crippen molar-refractivity contribution in [1.29, 1.82) is 5.26 Å². The van der Waals surface area contributed by atoms with Gasteiger partial charge in [-0.15, -0.1) is 0 Å². The van der Waals surface area contributed by atoms with Crippen LogP contribution >= 0.6 is 0 Å². The number of nitrogens with zero attached hydrogens (tertiary/aromatic N) is 3. The third-order valence-electron chi connectivity index (χ3n) is 7.63. The Labute approximate surface area is 212 Å². The fraction of sp³-hybridized carbons (Fsp3) is 0.429. The predicted molar refractivity (Wildman–Crippen MR) is 129 cm³/mol. The molecular weight excluding hydrogens is 483 g/mol. The van der Waals surface area contributed by atoms with E-state index in [1.54, 1.807) is 30.3 Å². The van der Waals surface area contributed by atoms with Crippen LogP contribution < -0.4 is 9.64 Å². The van der Waals surface area contributed by atoms with E-state index in [1.807, 2.05) is 6.07 Å². The summed E-state index contributed by atoms with van der Waals surface area (Å²) in [7, 11) is 0. The highest BCUT2D eigenvalue weighted by Crippen LogP contribution is 2.46. The zero-order valence-corrected chi connectivity index (χ0v) is 20.1. The van der Waals surface area contributed by atoms with Crippen molar-refractivity contribution in [3.63, 3.8) is 0 Å². The number of fused-ring (bicyclic) bond motifs is 2. The molecule has 3 heterocycles. The van der Waals surface area contributed by atoms with Gasteiger partial charge in [-0.2, -0.15) is 14.0 Å². The summed E-state index contributed by atoms with van der Waals surface area (Å²) in [4.78, 5) is 2.15. The molecular formula is C28H26F3N3O3. The lowest BCUT2D eigenvalue weighted by atomic mass is 9.98. The molecule has 1 aromatic heterocycles. The molecule has 0 radical (unpaired) electrons. The van der Waals surface area contributed by atoms with E-state index in [4.69, 9.17) is 19.3 Å². The molecule has 2 bridgehead atoms. The first-order chi connectivity index (χ1) is 18.0. The minimum absolute atomic E-state index is 0.0300. The molecule has 3 aromatic rings. The standard InChI is InChI=1S/C28H26F3N3O3/c29-23-11-16(14-32)5-10-24(23)34-18-8-9-19(34)13-20(12-18)35-15-22-26(33-37-27(22)17-6-7-17)21-3-1-2-4-25(21)36-28(30)31/h1-5,10-11,17-20,28H,6-9,12-13,15H2/t18-,19?,20?/m0/s1. The molecule has 6 rings (SSSR count). The number of aromatic nitrogens is 1. The van der Waals surface area contributed by atoms with Crippen molar-refractivity contribution in [3.05, 3.63) is 65.2 Å². The number of para-hydroxylation sites is 1. The van der Waals surface area contributed by atoms with Crippen LogP contribution in [-0.4, -0.2) is 30.0 Å². The normalized spacial score (nSPS) is 22.9. The highest BCUT2D eigenvalue weighted by Gasteiger charge is 2.42. The van der Waals surface area contributed by atoms with Gasteiger partial charge in [0.2, 0.25) is 0 Å². The molecule has 37 heavy (non-hydrogen) atoms. The molecule has 1 saturated carbocycles. The lowest BCUT2D eigenvalue weighted by molar-refractivity contribution is -0.0494. The van der Waals surface area contributed by atoms with E-state index in [0.29, 0.717) is 22.5 Å². The predicted octanol–water partition coefficient (Wildman–Crippen LogP) is 6.55. The number of hydrogen-bond donors (Lipinski definition) is 0. The molecule has 9 heteroatoms. The molecule has 2 aromatic carbocycles. The van der Waals surface area contributed by atoms with Gasteiger partial charge in [0, 0.05) is 29.1 Å². The monoisotopic (exact) mass is 509 g/mol. The van der Waals surface area contributed by atoms with Crippen molar-refractivity contribution in [2.75, 3.05) is 4.90 Å². The molecule has 0 N–H and O–H groups in total. The Morgan fingerprint density at radius 2 is 1.84 bits per heavy atom. The van der Waals surface area contributed by atoms with Crippen LogP contribution in [0.25, 0.3) is 11.3 Å². The lowest BCUT2D eigenvalue weighted by Gasteiger charge is -2.40. The fourth-order valence-electron chi connectivity index (χ4n) is 5.84. The summed E-state index contributed by atoms with van der Waals surface area (Å²) in [6.45, 7) is -2.69. The van der Waals surface area contributed by atoms with Gasteiger partial charge in [-0.3, -0.25) is 0 Å². The Morgan fingerprint density at radius 3 is 2.51 bits per heavy atom. The number of anilines is 1. The summed E-state index contributed by atoms with van der Waals surface area (Å²) in [5.41, 5.74) is 2.54. The number of halogens is 3. The Balaban J connectivity index is 1.20. The Kier molecular flexibility index (Phi) is 6.29. The van der Waals surface area contributed by atoms with Gasteiger partial charge in [0.05, 0.1) is 30.0 Å². The summed E-state index contributed by atoms with van der Waals surface area (Å²) in [5, 5.41) is 13.3. The zero-order chi connectivity index (χ0) is 25.5. The molecule has 2 unspecified atom stereocenters. The zero-order valence-electron chi connectivity index (χ0n) is 20.1. The average Bonchev–Trinajstić information content (AvgIpc) is 3.59. The van der Waals surface area contributed by atoms with Crippen molar-refractivity contribution < 1.29 is 27.2 Å². The van der Waals surface area contributed by atoms with E-state index >= 15 is 0 Å². The number of hydrogen-bond acceptors (Lipinski definition) is 6. The molecule has 2 aliphatic heterocycles. The average molecular weight is 510 g/mol. The van der Waals surface area contributed by atoms with Crippen LogP contribution in [0.4, 0.5) is 18.9 Å². The van der Waals surface area contributed by atoms with Crippen LogP contribution in [0.15, 0.2) is 47.0 Å². The molecule has 0 amide bonds. The van der Waals surface area contributed by atoms with Crippen LogP contribution in [0.1, 0.15) is 61.3 Å². The summed E-state index contributed by atoms with van der Waals surface area (Å²) < 4.78 is 57.6. The second kappa shape index (κ2) is 9.75. The van der Waals surface area contributed by atoms with Gasteiger partial charge in [-0.25, -0.2) is 4.39 Å². The van der Waals surface area contributed by atoms with Crippen LogP contribution in [0, 0.1) is 17.1 Å². The van der Waals surface area contributed by atoms with E-state index in [0.717, 1.165) is 49.8 Å². The maximum Gasteiger partial charge on any atom is 0.387 e. The third kappa shape index (κ3) is 4.66. The summed E-state index contributed by atoms with van der Waals surface area (Å²) in [5.74, 6) is 0.690. The van der Waals surface area contributed by atoms with Crippen molar-refractivity contribution >= 4 is 5.69 Å². The Hall–Kier alpha value is -3.51. The minimum Gasteiger partial charge on any atom is -0.434 e. The molecule has 3 fully saturated rings. The SMILES string of the molecule is N#Cc1ccc(N2C3CC[C@H]2CC(OCc2c(-c4ccccc4OC(F)F)noc2C2CC2)C3)c(F)c1. The topological polar surface area (TPSA) is 71.5 Å². The molecule has 2 saturated heterocycles. The van der Waals surface area contributed by atoms with Crippen LogP contribution in [0.3, 0.4) is 0 Å². The van der Waals surface area contributed by atoms with Gasteiger partial charge < -0.3 is 18.9 Å². The summed E-state index contributed by atoms with van der Waals surface area (Å²) in [6.07, 6.45) is 5.37. The number of alkyl halides is 2. The van der Waals surface area contributed by atoms with Gasteiger partial charge in [0.1, 0.15) is 23.0 Å². The van der Waals surface area contributed by atoms with Crippen LogP contribution in [0.5, 0.6) is 5.75 Å². The van der Waals surface area contributed by atoms with Crippen molar-refractivity contribution in [3.8, 4) is 23.1 Å². The number of rotatable bonds is 8. The van der Waals surface area contributed by atoms with Crippen molar-refractivity contribution in [2.45, 2.75) is 75.8 Å². The largest absolute Gasteiger partial charge is 0.434 e. The van der Waals surface area contributed by atoms with Gasteiger partial charge in [0.15, 0.2) is 0 Å². The summed E-state index contributed by atoms with van der Waals surface area (Å²) in [6, 6.07) is 13.5.